The summed E-state index contributed by atoms with van der Waals surface area (Å²) in [5, 5.41) is 17.3. The van der Waals surface area contributed by atoms with Gasteiger partial charge in [-0.2, -0.15) is 4.98 Å². The second kappa shape index (κ2) is 6.58. The number of nitrogens with zero attached hydrogens (tertiary/aromatic N) is 2. The first kappa shape index (κ1) is 13.9. The van der Waals surface area contributed by atoms with E-state index in [1.165, 1.54) is 0 Å². The maximum atomic E-state index is 11.3. The molecule has 0 aliphatic rings. The van der Waals surface area contributed by atoms with Gasteiger partial charge in [-0.05, 0) is 13.3 Å². The predicted molar refractivity (Wildman–Crippen MR) is 60.7 cm³/mol. The lowest BCUT2D eigenvalue weighted by molar-refractivity contribution is -0.141. The van der Waals surface area contributed by atoms with Crippen LogP contribution in [0.4, 0.5) is 4.79 Å². The van der Waals surface area contributed by atoms with Crippen molar-refractivity contribution in [2.75, 3.05) is 6.54 Å². The first-order valence-corrected chi connectivity index (χ1v) is 5.52. The predicted octanol–water partition coefficient (Wildman–Crippen LogP) is 0.288. The van der Waals surface area contributed by atoms with Crippen LogP contribution in [0, 0.1) is 12.8 Å². The van der Waals surface area contributed by atoms with Crippen molar-refractivity contribution in [2.24, 2.45) is 5.92 Å². The number of hydrogen-bond donors (Lipinski definition) is 3. The molecule has 8 heteroatoms. The highest BCUT2D eigenvalue weighted by atomic mass is 16.5. The second-order valence-electron chi connectivity index (χ2n) is 3.87. The van der Waals surface area contributed by atoms with Gasteiger partial charge in [0.2, 0.25) is 5.89 Å². The molecule has 1 aromatic heterocycles. The molecule has 100 valence electrons. The third kappa shape index (κ3) is 4.81. The minimum atomic E-state index is -0.876. The molecule has 0 saturated carbocycles. The summed E-state index contributed by atoms with van der Waals surface area (Å²) in [5.74, 6) is -0.536. The lowest BCUT2D eigenvalue weighted by Crippen LogP contribution is -2.36. The molecular weight excluding hydrogens is 240 g/mol. The van der Waals surface area contributed by atoms with Crippen LogP contribution in [-0.2, 0) is 11.3 Å². The molecular formula is C10H16N4O4. The first-order chi connectivity index (χ1) is 8.49. The number of aryl methyl sites for hydroxylation is 1. The van der Waals surface area contributed by atoms with Crippen LogP contribution in [0.25, 0.3) is 0 Å². The summed E-state index contributed by atoms with van der Waals surface area (Å²) in [4.78, 5) is 25.8. The van der Waals surface area contributed by atoms with Crippen LogP contribution >= 0.6 is 0 Å². The van der Waals surface area contributed by atoms with Crippen LogP contribution in [0.3, 0.4) is 0 Å². The smallest absolute Gasteiger partial charge is 0.315 e. The Hall–Kier alpha value is -2.12. The van der Waals surface area contributed by atoms with E-state index in [2.05, 4.69) is 20.8 Å². The van der Waals surface area contributed by atoms with Crippen molar-refractivity contribution in [3.63, 3.8) is 0 Å². The highest BCUT2D eigenvalue weighted by Crippen LogP contribution is 1.99. The van der Waals surface area contributed by atoms with Crippen molar-refractivity contribution in [1.29, 1.82) is 0 Å². The SMILES string of the molecule is Cc1noc(CNC(=O)NCCC(C)C(=O)O)n1. The zero-order valence-corrected chi connectivity index (χ0v) is 10.3. The van der Waals surface area contributed by atoms with Gasteiger partial charge in [0.05, 0.1) is 12.5 Å². The van der Waals surface area contributed by atoms with Crippen LogP contribution in [0.1, 0.15) is 25.1 Å². The number of amides is 2. The van der Waals surface area contributed by atoms with Crippen LogP contribution in [0.15, 0.2) is 4.52 Å². The number of hydrogen-bond acceptors (Lipinski definition) is 5. The van der Waals surface area contributed by atoms with Crippen LogP contribution in [0.2, 0.25) is 0 Å². The average molecular weight is 256 g/mol. The minimum Gasteiger partial charge on any atom is -0.481 e. The monoisotopic (exact) mass is 256 g/mol. The molecule has 0 fully saturated rings. The van der Waals surface area contributed by atoms with E-state index in [4.69, 9.17) is 9.63 Å². The largest absolute Gasteiger partial charge is 0.481 e. The molecule has 0 radical (unpaired) electrons. The average Bonchev–Trinajstić information content (AvgIpc) is 2.72. The Morgan fingerprint density at radius 3 is 2.72 bits per heavy atom. The summed E-state index contributed by atoms with van der Waals surface area (Å²) in [5.41, 5.74) is 0. The Morgan fingerprint density at radius 1 is 1.44 bits per heavy atom. The third-order valence-electron chi connectivity index (χ3n) is 2.25. The van der Waals surface area contributed by atoms with Gasteiger partial charge in [0.25, 0.3) is 0 Å². The highest BCUT2D eigenvalue weighted by Gasteiger charge is 2.11. The minimum absolute atomic E-state index is 0.140. The Bertz CT molecular complexity index is 418. The number of nitrogens with one attached hydrogen (secondary N) is 2. The van der Waals surface area contributed by atoms with E-state index in [0.717, 1.165) is 0 Å². The van der Waals surface area contributed by atoms with Gasteiger partial charge in [-0.25, -0.2) is 4.79 Å². The Morgan fingerprint density at radius 2 is 2.17 bits per heavy atom. The summed E-state index contributed by atoms with van der Waals surface area (Å²) < 4.78 is 4.81. The summed E-state index contributed by atoms with van der Waals surface area (Å²) in [6.45, 7) is 3.70. The Kier molecular flexibility index (Phi) is 5.09. The number of urea groups is 1. The zero-order valence-electron chi connectivity index (χ0n) is 10.3. The quantitative estimate of drug-likeness (QED) is 0.673. The van der Waals surface area contributed by atoms with Gasteiger partial charge in [0.1, 0.15) is 0 Å². The second-order valence-corrected chi connectivity index (χ2v) is 3.87. The topological polar surface area (TPSA) is 117 Å². The number of carboxylic acid groups (broad SMARTS) is 1. The number of rotatable bonds is 6. The van der Waals surface area contributed by atoms with E-state index < -0.39 is 17.9 Å². The molecule has 1 atom stereocenters. The molecule has 3 N–H and O–H groups in total. The molecule has 0 spiro atoms. The van der Waals surface area contributed by atoms with Gasteiger partial charge >= 0.3 is 12.0 Å². The first-order valence-electron chi connectivity index (χ1n) is 5.52. The lowest BCUT2D eigenvalue weighted by atomic mass is 10.1. The van der Waals surface area contributed by atoms with Crippen molar-refractivity contribution in [1.82, 2.24) is 20.8 Å². The third-order valence-corrected chi connectivity index (χ3v) is 2.25. The van der Waals surface area contributed by atoms with E-state index in [1.807, 2.05) is 0 Å². The lowest BCUT2D eigenvalue weighted by Gasteiger charge is -2.08. The molecule has 1 heterocycles. The summed E-state index contributed by atoms with van der Waals surface area (Å²) in [7, 11) is 0. The Balaban J connectivity index is 2.16. The molecule has 2 amide bonds. The molecule has 8 nitrogen and oxygen atoms in total. The van der Waals surface area contributed by atoms with Crippen LogP contribution < -0.4 is 10.6 Å². The number of aromatic nitrogens is 2. The normalized spacial score (nSPS) is 11.9. The molecule has 0 bridgehead atoms. The van der Waals surface area contributed by atoms with Crippen molar-refractivity contribution in [3.8, 4) is 0 Å². The van der Waals surface area contributed by atoms with Gasteiger partial charge in [0.15, 0.2) is 5.82 Å². The molecule has 1 unspecified atom stereocenters. The molecule has 1 aromatic rings. The van der Waals surface area contributed by atoms with Gasteiger partial charge in [-0.15, -0.1) is 0 Å². The Labute approximate surface area is 104 Å². The van der Waals surface area contributed by atoms with Gasteiger partial charge in [0, 0.05) is 6.54 Å². The zero-order chi connectivity index (χ0) is 13.5. The van der Waals surface area contributed by atoms with Gasteiger partial charge in [-0.3, -0.25) is 4.79 Å². The van der Waals surface area contributed by atoms with Crippen molar-refractivity contribution in [2.45, 2.75) is 26.8 Å². The highest BCUT2D eigenvalue weighted by molar-refractivity contribution is 5.74. The van der Waals surface area contributed by atoms with Crippen LogP contribution in [-0.4, -0.2) is 33.8 Å². The van der Waals surface area contributed by atoms with Gasteiger partial charge < -0.3 is 20.3 Å². The summed E-state index contributed by atoms with van der Waals surface area (Å²) >= 11 is 0. The molecule has 0 aromatic carbocycles. The fourth-order valence-corrected chi connectivity index (χ4v) is 1.16. The molecule has 18 heavy (non-hydrogen) atoms. The van der Waals surface area contributed by atoms with E-state index in [1.54, 1.807) is 13.8 Å². The molecule has 0 aliphatic carbocycles. The maximum Gasteiger partial charge on any atom is 0.315 e. The number of carbonyl (C=O) groups is 2. The van der Waals surface area contributed by atoms with Crippen molar-refractivity contribution >= 4 is 12.0 Å². The number of carboxylic acids is 1. The van der Waals surface area contributed by atoms with Crippen molar-refractivity contribution in [3.05, 3.63) is 11.7 Å². The molecule has 0 aliphatic heterocycles. The molecule has 1 rings (SSSR count). The molecule has 0 saturated heterocycles. The number of carbonyl (C=O) groups excluding carboxylic acids is 1. The van der Waals surface area contributed by atoms with E-state index in [-0.39, 0.29) is 6.54 Å². The fraction of sp³-hybridized carbons (Fsp3) is 0.600. The maximum absolute atomic E-state index is 11.3. The standard InChI is InChI=1S/C10H16N4O4/c1-6(9(15)16)3-4-11-10(17)12-5-8-13-7(2)14-18-8/h6H,3-5H2,1-2H3,(H,15,16)(H2,11,12,17). The summed E-state index contributed by atoms with van der Waals surface area (Å²) in [6.07, 6.45) is 0.377. The van der Waals surface area contributed by atoms with Gasteiger partial charge in [-0.1, -0.05) is 12.1 Å². The van der Waals surface area contributed by atoms with Crippen LogP contribution in [0.5, 0.6) is 0 Å². The van der Waals surface area contributed by atoms with Crippen molar-refractivity contribution < 1.29 is 19.2 Å². The fourth-order valence-electron chi connectivity index (χ4n) is 1.16. The number of aliphatic carboxylic acids is 1. The van der Waals surface area contributed by atoms with E-state index in [0.29, 0.717) is 24.7 Å². The van der Waals surface area contributed by atoms with E-state index in [9.17, 15) is 9.59 Å². The van der Waals surface area contributed by atoms with E-state index >= 15 is 0 Å². The summed E-state index contributed by atoms with van der Waals surface area (Å²) in [6, 6.07) is -0.400.